The van der Waals surface area contributed by atoms with E-state index in [0.29, 0.717) is 38.4 Å². The van der Waals surface area contributed by atoms with Crippen LogP contribution in [-0.2, 0) is 0 Å². The Morgan fingerprint density at radius 3 is 2.60 bits per heavy atom. The Bertz CT molecular complexity index is 1290. The van der Waals surface area contributed by atoms with Gasteiger partial charge < -0.3 is 10.2 Å². The number of hydrogen-bond donors (Lipinski definition) is 3. The molecule has 0 saturated heterocycles. The van der Waals surface area contributed by atoms with Crippen LogP contribution in [0.5, 0.6) is 11.5 Å². The molecule has 0 atom stereocenters. The molecule has 0 aliphatic heterocycles. The molecular formula is C22H16Cl2N4O2. The van der Waals surface area contributed by atoms with Crippen LogP contribution in [0.3, 0.4) is 0 Å². The van der Waals surface area contributed by atoms with Gasteiger partial charge in [-0.3, -0.25) is 5.43 Å². The molecule has 4 aromatic rings. The van der Waals surface area contributed by atoms with Gasteiger partial charge >= 0.3 is 0 Å². The molecule has 0 bridgehead atoms. The van der Waals surface area contributed by atoms with Crippen LogP contribution in [0.15, 0.2) is 59.7 Å². The number of nitrogens with one attached hydrogen (secondary N) is 1. The molecule has 0 saturated carbocycles. The van der Waals surface area contributed by atoms with Gasteiger partial charge in [-0.2, -0.15) is 5.10 Å². The van der Waals surface area contributed by atoms with Gasteiger partial charge in [0.25, 0.3) is 0 Å². The summed E-state index contributed by atoms with van der Waals surface area (Å²) in [7, 11) is 0. The quantitative estimate of drug-likeness (QED) is 0.278. The third-order valence-corrected chi connectivity index (χ3v) is 5.13. The first-order chi connectivity index (χ1) is 14.4. The minimum Gasteiger partial charge on any atom is -0.508 e. The van der Waals surface area contributed by atoms with Gasteiger partial charge in [-0.05, 0) is 49.4 Å². The average molecular weight is 439 g/mol. The molecule has 0 amide bonds. The van der Waals surface area contributed by atoms with Gasteiger partial charge in [-0.25, -0.2) is 9.97 Å². The van der Waals surface area contributed by atoms with E-state index in [4.69, 9.17) is 23.2 Å². The fourth-order valence-electron chi connectivity index (χ4n) is 2.93. The van der Waals surface area contributed by atoms with Crippen molar-refractivity contribution in [2.75, 3.05) is 5.43 Å². The molecule has 0 unspecified atom stereocenters. The van der Waals surface area contributed by atoms with Crippen LogP contribution < -0.4 is 5.43 Å². The lowest BCUT2D eigenvalue weighted by Gasteiger charge is -2.10. The summed E-state index contributed by atoms with van der Waals surface area (Å²) in [5.41, 5.74) is 5.11. The summed E-state index contributed by atoms with van der Waals surface area (Å²) in [4.78, 5) is 9.18. The molecule has 0 aliphatic carbocycles. The predicted octanol–water partition coefficient (Wildman–Crippen LogP) is 5.77. The van der Waals surface area contributed by atoms with Crippen LogP contribution >= 0.6 is 23.2 Å². The average Bonchev–Trinajstić information content (AvgIpc) is 2.73. The lowest BCUT2D eigenvalue weighted by molar-refractivity contribution is 0.442. The van der Waals surface area contributed by atoms with Crippen LogP contribution in [0.1, 0.15) is 11.1 Å². The first-order valence-corrected chi connectivity index (χ1v) is 9.72. The summed E-state index contributed by atoms with van der Waals surface area (Å²) in [5.74, 6) is 0.884. The largest absolute Gasteiger partial charge is 0.508 e. The van der Waals surface area contributed by atoms with E-state index in [0.717, 1.165) is 10.9 Å². The molecule has 30 heavy (non-hydrogen) atoms. The highest BCUT2D eigenvalue weighted by molar-refractivity contribution is 6.36. The second kappa shape index (κ2) is 8.18. The molecule has 3 aromatic carbocycles. The normalized spacial score (nSPS) is 11.3. The van der Waals surface area contributed by atoms with Gasteiger partial charge in [0, 0.05) is 27.1 Å². The minimum atomic E-state index is -0.0401. The first-order valence-electron chi connectivity index (χ1n) is 8.97. The number of phenolic OH excluding ortho intramolecular Hbond substituents is 2. The van der Waals surface area contributed by atoms with Gasteiger partial charge in [-0.1, -0.05) is 35.3 Å². The Labute approximate surface area is 182 Å². The predicted molar refractivity (Wildman–Crippen MR) is 121 cm³/mol. The molecule has 0 aliphatic rings. The molecule has 8 heteroatoms. The van der Waals surface area contributed by atoms with Crippen molar-refractivity contribution in [2.45, 2.75) is 6.92 Å². The lowest BCUT2D eigenvalue weighted by Crippen LogP contribution is -2.00. The topological polar surface area (TPSA) is 90.6 Å². The van der Waals surface area contributed by atoms with Crippen molar-refractivity contribution in [2.24, 2.45) is 5.10 Å². The molecule has 4 rings (SSSR count). The number of aromatic nitrogens is 2. The maximum absolute atomic E-state index is 10.2. The number of anilines is 1. The lowest BCUT2D eigenvalue weighted by atomic mass is 10.1. The number of aromatic hydroxyl groups is 2. The van der Waals surface area contributed by atoms with Gasteiger partial charge in [0.1, 0.15) is 11.5 Å². The van der Waals surface area contributed by atoms with Gasteiger partial charge in [0.2, 0.25) is 0 Å². The van der Waals surface area contributed by atoms with E-state index in [2.05, 4.69) is 20.5 Å². The maximum Gasteiger partial charge on any atom is 0.163 e. The number of hydrazone groups is 1. The Kier molecular flexibility index (Phi) is 5.44. The van der Waals surface area contributed by atoms with E-state index < -0.39 is 0 Å². The summed E-state index contributed by atoms with van der Waals surface area (Å²) < 4.78 is 0. The summed E-state index contributed by atoms with van der Waals surface area (Å²) in [6, 6.07) is 15.7. The Balaban J connectivity index is 1.74. The highest BCUT2D eigenvalue weighted by Crippen LogP contribution is 2.31. The highest BCUT2D eigenvalue weighted by Gasteiger charge is 2.12. The van der Waals surface area contributed by atoms with Crippen LogP contribution in [0, 0.1) is 6.92 Å². The van der Waals surface area contributed by atoms with Crippen molar-refractivity contribution in [3.05, 3.63) is 75.8 Å². The van der Waals surface area contributed by atoms with Crippen molar-refractivity contribution >= 4 is 46.1 Å². The molecule has 150 valence electrons. The van der Waals surface area contributed by atoms with Crippen LogP contribution in [0.2, 0.25) is 10.0 Å². The number of benzene rings is 3. The van der Waals surface area contributed by atoms with Crippen LogP contribution in [0.4, 0.5) is 5.82 Å². The smallest absolute Gasteiger partial charge is 0.163 e. The van der Waals surface area contributed by atoms with E-state index >= 15 is 0 Å². The number of rotatable bonds is 4. The maximum atomic E-state index is 10.2. The Morgan fingerprint density at radius 2 is 1.80 bits per heavy atom. The standard InChI is InChI=1S/C22H16Cl2N4O2/c1-12-19(29)9-6-13(20(12)30)11-25-28-22-16-4-2-3-5-18(16)26-21(27-22)15-8-7-14(23)10-17(15)24/h2-11,29-30H,1H3,(H,26,27,28)/b25-11-. The number of para-hydroxylation sites is 1. The van der Waals surface area contributed by atoms with Crippen molar-refractivity contribution in [1.29, 1.82) is 0 Å². The Hall–Kier alpha value is -3.35. The molecule has 1 heterocycles. The second-order valence-corrected chi connectivity index (χ2v) is 7.40. The summed E-state index contributed by atoms with van der Waals surface area (Å²) in [5, 5.41) is 25.8. The monoisotopic (exact) mass is 438 g/mol. The highest BCUT2D eigenvalue weighted by atomic mass is 35.5. The van der Waals surface area contributed by atoms with Crippen molar-refractivity contribution in [1.82, 2.24) is 9.97 Å². The molecule has 3 N–H and O–H groups in total. The molecule has 0 fully saturated rings. The number of nitrogens with zero attached hydrogens (tertiary/aromatic N) is 3. The summed E-state index contributed by atoms with van der Waals surface area (Å²) in [6.45, 7) is 1.62. The SMILES string of the molecule is Cc1c(O)ccc(/C=N\Nc2nc(-c3ccc(Cl)cc3Cl)nc3ccccc23)c1O. The molecule has 0 radical (unpaired) electrons. The molecular weight excluding hydrogens is 423 g/mol. The molecule has 6 nitrogen and oxygen atoms in total. The molecule has 1 aromatic heterocycles. The second-order valence-electron chi connectivity index (χ2n) is 6.55. The number of hydrogen-bond acceptors (Lipinski definition) is 6. The van der Waals surface area contributed by atoms with E-state index in [1.807, 2.05) is 24.3 Å². The van der Waals surface area contributed by atoms with E-state index in [1.165, 1.54) is 12.3 Å². The summed E-state index contributed by atoms with van der Waals surface area (Å²) >= 11 is 12.3. The third kappa shape index (κ3) is 3.87. The molecule has 0 spiro atoms. The van der Waals surface area contributed by atoms with E-state index in [9.17, 15) is 10.2 Å². The third-order valence-electron chi connectivity index (χ3n) is 4.58. The fraction of sp³-hybridized carbons (Fsp3) is 0.0455. The minimum absolute atomic E-state index is 0.0175. The fourth-order valence-corrected chi connectivity index (χ4v) is 3.42. The van der Waals surface area contributed by atoms with Crippen molar-refractivity contribution in [3.63, 3.8) is 0 Å². The van der Waals surface area contributed by atoms with Crippen molar-refractivity contribution in [3.8, 4) is 22.9 Å². The first kappa shape index (κ1) is 19.9. The zero-order valence-corrected chi connectivity index (χ0v) is 17.3. The number of fused-ring (bicyclic) bond motifs is 1. The number of halogens is 2. The number of phenols is 2. The zero-order valence-electron chi connectivity index (χ0n) is 15.8. The Morgan fingerprint density at radius 1 is 1.00 bits per heavy atom. The van der Waals surface area contributed by atoms with Gasteiger partial charge in [0.05, 0.1) is 16.8 Å². The van der Waals surface area contributed by atoms with Gasteiger partial charge in [0.15, 0.2) is 11.6 Å². The van der Waals surface area contributed by atoms with E-state index in [1.54, 1.807) is 31.2 Å². The zero-order chi connectivity index (χ0) is 21.3. The summed E-state index contributed by atoms with van der Waals surface area (Å²) in [6.07, 6.45) is 1.45. The van der Waals surface area contributed by atoms with Crippen LogP contribution in [0.25, 0.3) is 22.3 Å². The van der Waals surface area contributed by atoms with Crippen molar-refractivity contribution < 1.29 is 10.2 Å². The van der Waals surface area contributed by atoms with Gasteiger partial charge in [-0.15, -0.1) is 0 Å². The van der Waals surface area contributed by atoms with Crippen LogP contribution in [-0.4, -0.2) is 26.4 Å². The van der Waals surface area contributed by atoms with E-state index in [-0.39, 0.29) is 11.5 Å².